The Hall–Kier alpha value is -2.97. The van der Waals surface area contributed by atoms with Gasteiger partial charge >= 0.3 is 5.51 Å². The molecule has 0 fully saturated rings. The van der Waals surface area contributed by atoms with Crippen LogP contribution in [0.3, 0.4) is 0 Å². The first-order chi connectivity index (χ1) is 13.6. The number of fused-ring (bicyclic) bond motifs is 2. The normalized spacial score (nSPS) is 11.9. The van der Waals surface area contributed by atoms with E-state index in [1.54, 1.807) is 0 Å². The van der Waals surface area contributed by atoms with Gasteiger partial charge in [-0.15, -0.1) is 0 Å². The zero-order valence-corrected chi connectivity index (χ0v) is 16.0. The third-order valence-corrected chi connectivity index (χ3v) is 4.98. The first kappa shape index (κ1) is 20.8. The number of benzene rings is 3. The van der Waals surface area contributed by atoms with Crippen molar-refractivity contribution < 1.29 is 30.7 Å². The van der Waals surface area contributed by atoms with Gasteiger partial charge in [-0.05, 0) is 17.7 Å². The predicted octanol–water partition coefficient (Wildman–Crippen LogP) is 4.54. The lowest BCUT2D eigenvalue weighted by molar-refractivity contribution is -0.617. The van der Waals surface area contributed by atoms with Crippen LogP contribution in [0.5, 0.6) is 0 Å². The Morgan fingerprint density at radius 1 is 0.759 bits per heavy atom. The summed E-state index contributed by atoms with van der Waals surface area (Å²) in [7, 11) is -3.95. The summed E-state index contributed by atoms with van der Waals surface area (Å²) >= 11 is 0. The van der Waals surface area contributed by atoms with Crippen molar-refractivity contribution in [3.63, 3.8) is 0 Å². The second kappa shape index (κ2) is 7.81. The largest absolute Gasteiger partial charge is 0.741 e. The number of nitrogens with zero attached hydrogens (tertiary/aromatic N) is 1. The zero-order chi connectivity index (χ0) is 21.2. The average Bonchev–Trinajstić information content (AvgIpc) is 2.68. The van der Waals surface area contributed by atoms with E-state index in [1.807, 2.05) is 0 Å². The maximum atomic E-state index is 10.7. The standard InChI is InChI=1S/C20H16N.CHF3O3S/c1-21-18-13-7-5-11-16(18)20(15-9-3-2-4-10-15)17-12-6-8-14-19(17)21;2-1(3,4)8(5,6)7/h2-14H,1H3;(H,5,6,7)/q+1;/p-1. The number of hydrogen-bond donors (Lipinski definition) is 0. The van der Waals surface area contributed by atoms with Crippen LogP contribution in [0.4, 0.5) is 13.2 Å². The number of halogens is 3. The third kappa shape index (κ3) is 4.23. The molecule has 0 radical (unpaired) electrons. The predicted molar refractivity (Wildman–Crippen MR) is 104 cm³/mol. The van der Waals surface area contributed by atoms with E-state index in [0.29, 0.717) is 0 Å². The topological polar surface area (TPSA) is 61.1 Å². The van der Waals surface area contributed by atoms with Crippen LogP contribution < -0.4 is 4.57 Å². The summed E-state index contributed by atoms with van der Waals surface area (Å²) in [4.78, 5) is 0. The van der Waals surface area contributed by atoms with Gasteiger partial charge in [-0.2, -0.15) is 17.7 Å². The smallest absolute Gasteiger partial charge is 0.485 e. The summed E-state index contributed by atoms with van der Waals surface area (Å²) < 4.78 is 61.2. The maximum Gasteiger partial charge on any atom is 0.485 e. The Morgan fingerprint density at radius 2 is 1.14 bits per heavy atom. The maximum absolute atomic E-state index is 10.7. The molecule has 3 aromatic carbocycles. The molecule has 4 aromatic rings. The van der Waals surface area contributed by atoms with E-state index in [0.717, 1.165) is 0 Å². The number of pyridine rings is 1. The molecule has 4 nitrogen and oxygen atoms in total. The van der Waals surface area contributed by atoms with Crippen LogP contribution in [0.2, 0.25) is 0 Å². The molecule has 4 rings (SSSR count). The molecule has 29 heavy (non-hydrogen) atoms. The molecule has 0 amide bonds. The van der Waals surface area contributed by atoms with Crippen molar-refractivity contribution in [1.82, 2.24) is 0 Å². The fraction of sp³-hybridized carbons (Fsp3) is 0.0952. The number of aromatic nitrogens is 1. The van der Waals surface area contributed by atoms with Crippen LogP contribution in [0, 0.1) is 0 Å². The summed E-state index contributed by atoms with van der Waals surface area (Å²) in [5.41, 5.74) is -0.539. The summed E-state index contributed by atoms with van der Waals surface area (Å²) in [5, 5.41) is 2.59. The molecule has 150 valence electrons. The first-order valence-corrected chi connectivity index (χ1v) is 9.89. The molecule has 0 atom stereocenters. The van der Waals surface area contributed by atoms with Crippen LogP contribution in [0.15, 0.2) is 78.9 Å². The number of alkyl halides is 3. The fourth-order valence-electron chi connectivity index (χ4n) is 3.15. The first-order valence-electron chi connectivity index (χ1n) is 8.48. The number of hydrogen-bond acceptors (Lipinski definition) is 3. The summed E-state index contributed by atoms with van der Waals surface area (Å²) in [6.07, 6.45) is 0. The van der Waals surface area contributed by atoms with E-state index in [9.17, 15) is 13.2 Å². The van der Waals surface area contributed by atoms with E-state index in [-0.39, 0.29) is 0 Å². The van der Waals surface area contributed by atoms with Gasteiger partial charge in [-0.3, -0.25) is 0 Å². The number of para-hydroxylation sites is 2. The minimum atomic E-state index is -6.09. The Balaban J connectivity index is 0.000000258. The molecule has 8 heteroatoms. The van der Waals surface area contributed by atoms with E-state index in [1.165, 1.54) is 32.9 Å². The minimum Gasteiger partial charge on any atom is -0.741 e. The SMILES string of the molecule is C[n+]1c2ccccc2c(-c2ccccc2)c2ccccc21.O=S(=O)([O-])C(F)(F)F. The summed E-state index contributed by atoms with van der Waals surface area (Å²) in [6.45, 7) is 0. The van der Waals surface area contributed by atoms with Crippen molar-refractivity contribution >= 4 is 31.9 Å². The van der Waals surface area contributed by atoms with Crippen molar-refractivity contribution in [1.29, 1.82) is 0 Å². The Kier molecular flexibility index (Phi) is 5.59. The molecule has 1 heterocycles. The summed E-state index contributed by atoms with van der Waals surface area (Å²) in [5.74, 6) is 0. The van der Waals surface area contributed by atoms with E-state index >= 15 is 0 Å². The summed E-state index contributed by atoms with van der Waals surface area (Å²) in [6, 6.07) is 27.9. The lowest BCUT2D eigenvalue weighted by atomic mass is 9.96. The van der Waals surface area contributed by atoms with Crippen LogP contribution in [0.25, 0.3) is 32.9 Å². The quantitative estimate of drug-likeness (QED) is 0.197. The van der Waals surface area contributed by atoms with Gasteiger partial charge in [-0.1, -0.05) is 54.6 Å². The second-order valence-corrected chi connectivity index (χ2v) is 7.61. The van der Waals surface area contributed by atoms with Crippen LogP contribution in [-0.4, -0.2) is 18.5 Å². The monoisotopic (exact) mass is 419 g/mol. The van der Waals surface area contributed by atoms with E-state index in [2.05, 4.69) is 90.5 Å². The molecular weight excluding hydrogens is 403 g/mol. The lowest BCUT2D eigenvalue weighted by Gasteiger charge is -2.10. The number of aryl methyl sites for hydroxylation is 1. The van der Waals surface area contributed by atoms with Gasteiger partial charge in [0.2, 0.25) is 11.0 Å². The van der Waals surface area contributed by atoms with Gasteiger partial charge in [0.1, 0.15) is 7.05 Å². The Labute approximate surface area is 165 Å². The molecule has 0 aliphatic carbocycles. The molecule has 0 unspecified atom stereocenters. The fourth-order valence-corrected chi connectivity index (χ4v) is 3.15. The highest BCUT2D eigenvalue weighted by atomic mass is 32.2. The lowest BCUT2D eigenvalue weighted by Crippen LogP contribution is -2.30. The highest BCUT2D eigenvalue weighted by Gasteiger charge is 2.36. The minimum absolute atomic E-state index is 1.26. The molecular formula is C21H16F3NO3S. The van der Waals surface area contributed by atoms with Crippen LogP contribution in [0.1, 0.15) is 0 Å². The second-order valence-electron chi connectivity index (χ2n) is 6.23. The highest BCUT2D eigenvalue weighted by molar-refractivity contribution is 7.86. The highest BCUT2D eigenvalue weighted by Crippen LogP contribution is 2.33. The van der Waals surface area contributed by atoms with Gasteiger partial charge < -0.3 is 4.55 Å². The molecule has 0 aliphatic heterocycles. The van der Waals surface area contributed by atoms with E-state index < -0.39 is 15.6 Å². The van der Waals surface area contributed by atoms with Gasteiger partial charge in [0.25, 0.3) is 0 Å². The van der Waals surface area contributed by atoms with Crippen molar-refractivity contribution in [2.75, 3.05) is 0 Å². The van der Waals surface area contributed by atoms with Gasteiger partial charge in [0.05, 0.1) is 10.8 Å². The van der Waals surface area contributed by atoms with Gasteiger partial charge in [0.15, 0.2) is 10.1 Å². The van der Waals surface area contributed by atoms with Gasteiger partial charge in [-0.25, -0.2) is 8.42 Å². The molecule has 1 aromatic heterocycles. The molecule has 0 N–H and O–H groups in total. The van der Waals surface area contributed by atoms with E-state index in [4.69, 9.17) is 13.0 Å². The van der Waals surface area contributed by atoms with Crippen molar-refractivity contribution in [3.8, 4) is 11.1 Å². The Bertz CT molecular complexity index is 1210. The molecule has 0 saturated heterocycles. The van der Waals surface area contributed by atoms with Crippen molar-refractivity contribution in [2.24, 2.45) is 7.05 Å². The van der Waals surface area contributed by atoms with Gasteiger partial charge in [0, 0.05) is 17.7 Å². The zero-order valence-electron chi connectivity index (χ0n) is 15.2. The Morgan fingerprint density at radius 3 is 1.55 bits per heavy atom. The molecule has 0 saturated carbocycles. The third-order valence-electron chi connectivity index (χ3n) is 4.42. The van der Waals surface area contributed by atoms with Crippen LogP contribution in [-0.2, 0) is 17.2 Å². The van der Waals surface area contributed by atoms with Crippen molar-refractivity contribution in [3.05, 3.63) is 78.9 Å². The molecule has 0 spiro atoms. The van der Waals surface area contributed by atoms with Crippen molar-refractivity contribution in [2.45, 2.75) is 5.51 Å². The number of rotatable bonds is 1. The van der Waals surface area contributed by atoms with Crippen LogP contribution >= 0.6 is 0 Å². The molecule has 0 bridgehead atoms. The molecule has 0 aliphatic rings. The average molecular weight is 419 g/mol.